The number of nitrogens with zero attached hydrogens (tertiary/aromatic N) is 4. The molecule has 1 aliphatic heterocycles. The molecule has 2 heterocycles. The van der Waals surface area contributed by atoms with Gasteiger partial charge in [0.05, 0.1) is 18.8 Å². The van der Waals surface area contributed by atoms with Crippen LogP contribution in [0.5, 0.6) is 0 Å². The first-order valence-corrected chi connectivity index (χ1v) is 11.0. The number of benzene rings is 1. The summed E-state index contributed by atoms with van der Waals surface area (Å²) < 4.78 is 45.5. The molecule has 4 rings (SSSR count). The summed E-state index contributed by atoms with van der Waals surface area (Å²) >= 11 is 0. The summed E-state index contributed by atoms with van der Waals surface area (Å²) in [6.45, 7) is 0.492. The van der Waals surface area contributed by atoms with Gasteiger partial charge in [0.25, 0.3) is 0 Å². The third-order valence-electron chi connectivity index (χ3n) is 6.50. The molecular formula is C22H26F3N5O3. The number of halogens is 3. The molecule has 1 saturated carbocycles. The van der Waals surface area contributed by atoms with Crippen LogP contribution in [0.25, 0.3) is 0 Å². The lowest BCUT2D eigenvalue weighted by atomic mass is 9.83. The molecule has 8 nitrogen and oxygen atoms in total. The van der Waals surface area contributed by atoms with Crippen LogP contribution in [0.15, 0.2) is 42.7 Å². The van der Waals surface area contributed by atoms with Crippen molar-refractivity contribution in [2.75, 3.05) is 18.1 Å². The molecule has 2 aliphatic rings. The second-order valence-corrected chi connectivity index (χ2v) is 8.52. The van der Waals surface area contributed by atoms with E-state index in [1.807, 2.05) is 18.2 Å². The molecule has 178 valence electrons. The van der Waals surface area contributed by atoms with Crippen molar-refractivity contribution in [2.45, 2.75) is 62.4 Å². The number of nitrogens with one attached hydrogen (secondary N) is 1. The molecule has 1 saturated heterocycles. The van der Waals surface area contributed by atoms with Gasteiger partial charge in [0.15, 0.2) is 5.03 Å². The summed E-state index contributed by atoms with van der Waals surface area (Å²) in [7, 11) is 0. The molecule has 1 aromatic carbocycles. The monoisotopic (exact) mass is 465 g/mol. The van der Waals surface area contributed by atoms with Crippen LogP contribution in [-0.2, 0) is 10.9 Å². The number of hydrazine groups is 1. The third-order valence-corrected chi connectivity index (χ3v) is 6.50. The van der Waals surface area contributed by atoms with Gasteiger partial charge in [0.2, 0.25) is 0 Å². The molecular weight excluding hydrogens is 439 g/mol. The maximum absolute atomic E-state index is 13.1. The maximum atomic E-state index is 13.1. The van der Waals surface area contributed by atoms with E-state index in [-0.39, 0.29) is 18.5 Å². The number of hydrogen-bond donors (Lipinski definition) is 1. The number of nitro groups is 1. The zero-order valence-electron chi connectivity index (χ0n) is 17.9. The normalized spacial score (nSPS) is 25.7. The van der Waals surface area contributed by atoms with E-state index in [1.165, 1.54) is 5.56 Å². The van der Waals surface area contributed by atoms with Crippen molar-refractivity contribution >= 4 is 5.82 Å². The van der Waals surface area contributed by atoms with Crippen molar-refractivity contribution in [1.82, 2.24) is 15.4 Å². The van der Waals surface area contributed by atoms with Crippen LogP contribution >= 0.6 is 0 Å². The van der Waals surface area contributed by atoms with Gasteiger partial charge < -0.3 is 9.64 Å². The van der Waals surface area contributed by atoms with Gasteiger partial charge in [0, 0.05) is 12.6 Å². The van der Waals surface area contributed by atoms with E-state index in [4.69, 9.17) is 4.74 Å². The zero-order chi connectivity index (χ0) is 23.4. The molecule has 0 amide bonds. The van der Waals surface area contributed by atoms with Crippen LogP contribution < -0.4 is 10.3 Å². The summed E-state index contributed by atoms with van der Waals surface area (Å²) in [5.74, 6) is 0.575. The Kier molecular flexibility index (Phi) is 6.96. The Morgan fingerprint density at radius 3 is 2.52 bits per heavy atom. The van der Waals surface area contributed by atoms with Crippen molar-refractivity contribution in [2.24, 2.45) is 0 Å². The van der Waals surface area contributed by atoms with E-state index in [9.17, 15) is 23.3 Å². The summed E-state index contributed by atoms with van der Waals surface area (Å²) in [6.07, 6.45) is 0.382. The van der Waals surface area contributed by atoms with E-state index >= 15 is 0 Å². The lowest BCUT2D eigenvalue weighted by Gasteiger charge is -2.32. The van der Waals surface area contributed by atoms with Gasteiger partial charge in [0.1, 0.15) is 23.9 Å². The lowest BCUT2D eigenvalue weighted by molar-refractivity contribution is -0.551. The molecule has 1 N–H and O–H groups in total. The highest BCUT2D eigenvalue weighted by Crippen LogP contribution is 2.35. The molecule has 33 heavy (non-hydrogen) atoms. The van der Waals surface area contributed by atoms with Crippen molar-refractivity contribution in [1.29, 1.82) is 0 Å². The van der Waals surface area contributed by atoms with Gasteiger partial charge in [-0.3, -0.25) is 0 Å². The highest BCUT2D eigenvalue weighted by atomic mass is 19.4. The second kappa shape index (κ2) is 9.90. The topological polar surface area (TPSA) is 93.4 Å². The van der Waals surface area contributed by atoms with Gasteiger partial charge in [-0.15, -0.1) is 5.43 Å². The minimum absolute atomic E-state index is 0.0137. The molecule has 11 heteroatoms. The predicted molar refractivity (Wildman–Crippen MR) is 114 cm³/mol. The van der Waals surface area contributed by atoms with E-state index in [1.54, 1.807) is 4.90 Å². The quantitative estimate of drug-likeness (QED) is 0.489. The van der Waals surface area contributed by atoms with Gasteiger partial charge >= 0.3 is 6.18 Å². The highest BCUT2D eigenvalue weighted by molar-refractivity contribution is 5.43. The molecule has 2 fully saturated rings. The average molecular weight is 465 g/mol. The van der Waals surface area contributed by atoms with Gasteiger partial charge in [-0.1, -0.05) is 30.3 Å². The Labute approximate surface area is 189 Å². The molecule has 0 bridgehead atoms. The van der Waals surface area contributed by atoms with E-state index in [0.29, 0.717) is 18.9 Å². The highest BCUT2D eigenvalue weighted by Gasteiger charge is 2.40. The van der Waals surface area contributed by atoms with Crippen LogP contribution in [0.3, 0.4) is 0 Å². The fraction of sp³-hybridized carbons (Fsp3) is 0.545. The second-order valence-electron chi connectivity index (χ2n) is 8.52. The van der Waals surface area contributed by atoms with Crippen LogP contribution in [0.1, 0.15) is 49.3 Å². The Balaban J connectivity index is 1.41. The van der Waals surface area contributed by atoms with Crippen LogP contribution in [-0.4, -0.2) is 46.3 Å². The van der Waals surface area contributed by atoms with Crippen LogP contribution in [0.4, 0.5) is 19.0 Å². The first-order chi connectivity index (χ1) is 15.8. The van der Waals surface area contributed by atoms with E-state index in [2.05, 4.69) is 27.5 Å². The largest absolute Gasteiger partial charge is 0.433 e. The van der Waals surface area contributed by atoms with Crippen molar-refractivity contribution < 1.29 is 22.9 Å². The molecule has 1 aromatic heterocycles. The summed E-state index contributed by atoms with van der Waals surface area (Å²) in [5, 5.41) is 10.4. The Bertz CT molecular complexity index is 938. The minimum Gasteiger partial charge on any atom is -0.376 e. The molecule has 1 aliphatic carbocycles. The predicted octanol–water partition coefficient (Wildman–Crippen LogP) is 3.97. The standard InChI is InChI=1S/C22H26F3N5O3/c23-22(24,25)20-12-21(27-14-26-20)29-11-10-18(28-30(31)32)19(29)13-33-17-8-6-16(7-9-17)15-4-2-1-3-5-15/h1-5,12,14,16-19,28H,6-11,13H2. The molecule has 2 unspecified atom stereocenters. The van der Waals surface area contributed by atoms with Crippen LogP contribution in [0.2, 0.25) is 0 Å². The first kappa shape index (κ1) is 23.2. The Morgan fingerprint density at radius 1 is 1.12 bits per heavy atom. The van der Waals surface area contributed by atoms with Gasteiger partial charge in [-0.25, -0.2) is 20.1 Å². The van der Waals surface area contributed by atoms with E-state index < -0.39 is 29.0 Å². The number of alkyl halides is 3. The van der Waals surface area contributed by atoms with Crippen LogP contribution in [0, 0.1) is 10.1 Å². The summed E-state index contributed by atoms with van der Waals surface area (Å²) in [4.78, 5) is 20.0. The van der Waals surface area contributed by atoms with Gasteiger partial charge in [-0.05, 0) is 43.6 Å². The number of aromatic nitrogens is 2. The number of rotatable bonds is 7. The number of ether oxygens (including phenoxy) is 1. The molecule has 2 atom stereocenters. The third kappa shape index (κ3) is 5.70. The van der Waals surface area contributed by atoms with Crippen molar-refractivity contribution in [3.8, 4) is 0 Å². The Hall–Kier alpha value is -2.95. The summed E-state index contributed by atoms with van der Waals surface area (Å²) in [6, 6.07) is 10.1. The van der Waals surface area contributed by atoms with E-state index in [0.717, 1.165) is 38.1 Å². The van der Waals surface area contributed by atoms with Gasteiger partial charge in [-0.2, -0.15) is 13.2 Å². The number of anilines is 1. The maximum Gasteiger partial charge on any atom is 0.433 e. The lowest BCUT2D eigenvalue weighted by Crippen LogP contribution is -2.48. The Morgan fingerprint density at radius 2 is 1.85 bits per heavy atom. The smallest absolute Gasteiger partial charge is 0.376 e. The molecule has 2 aromatic rings. The van der Waals surface area contributed by atoms with Crippen molar-refractivity contribution in [3.63, 3.8) is 0 Å². The van der Waals surface area contributed by atoms with Crippen molar-refractivity contribution in [3.05, 3.63) is 64.1 Å². The minimum atomic E-state index is -4.60. The fourth-order valence-corrected chi connectivity index (χ4v) is 4.81. The molecule has 0 radical (unpaired) electrons. The first-order valence-electron chi connectivity index (χ1n) is 11.0. The fourth-order valence-electron chi connectivity index (χ4n) is 4.81. The molecule has 0 spiro atoms. The SMILES string of the molecule is O=[N+]([O-])NC1CCN(c2cc(C(F)(F)F)ncn2)C1COC1CCC(c2ccccc2)CC1. The number of hydrogen-bond acceptors (Lipinski definition) is 6. The average Bonchev–Trinajstić information content (AvgIpc) is 3.20. The zero-order valence-corrected chi connectivity index (χ0v) is 17.9. The summed E-state index contributed by atoms with van der Waals surface area (Å²) in [5.41, 5.74) is 2.56.